The van der Waals surface area contributed by atoms with Crippen molar-refractivity contribution < 1.29 is 0 Å². The van der Waals surface area contributed by atoms with Crippen molar-refractivity contribution in [1.82, 2.24) is 0 Å². The van der Waals surface area contributed by atoms with Crippen LogP contribution >= 0.6 is 11.8 Å². The summed E-state index contributed by atoms with van der Waals surface area (Å²) in [6, 6.07) is 9.19. The first-order chi connectivity index (χ1) is 6.40. The number of hydrogen-bond donors (Lipinski definition) is 0. The molecule has 0 atom stereocenters. The number of thioether (sulfide) groups is 1. The molecule has 1 aliphatic rings. The van der Waals surface area contributed by atoms with Crippen LogP contribution in [0.4, 0.5) is 0 Å². The Hall–Kier alpha value is -0.430. The van der Waals surface area contributed by atoms with Crippen LogP contribution in [0.3, 0.4) is 0 Å². The number of hydrogen-bond acceptors (Lipinski definition) is 1. The highest BCUT2D eigenvalue weighted by atomic mass is 32.2. The van der Waals surface area contributed by atoms with E-state index < -0.39 is 0 Å². The van der Waals surface area contributed by atoms with Crippen LogP contribution in [0.2, 0.25) is 0 Å². The van der Waals surface area contributed by atoms with Gasteiger partial charge in [-0.1, -0.05) is 30.7 Å². The highest BCUT2D eigenvalue weighted by Gasteiger charge is 2.18. The van der Waals surface area contributed by atoms with Crippen molar-refractivity contribution in [2.45, 2.75) is 30.9 Å². The summed E-state index contributed by atoms with van der Waals surface area (Å²) in [6.45, 7) is 0. The Morgan fingerprint density at radius 2 is 1.92 bits per heavy atom. The van der Waals surface area contributed by atoms with Gasteiger partial charge in [-0.15, -0.1) is 0 Å². The van der Waals surface area contributed by atoms with Crippen molar-refractivity contribution >= 4 is 11.8 Å². The van der Waals surface area contributed by atoms with Crippen LogP contribution in [-0.4, -0.2) is 6.26 Å². The molecule has 1 saturated carbocycles. The van der Waals surface area contributed by atoms with Gasteiger partial charge in [0, 0.05) is 5.75 Å². The van der Waals surface area contributed by atoms with E-state index in [9.17, 15) is 0 Å². The second-order valence-corrected chi connectivity index (χ2v) is 4.67. The molecule has 1 aromatic rings. The van der Waals surface area contributed by atoms with Gasteiger partial charge in [0.05, 0.1) is 0 Å². The van der Waals surface area contributed by atoms with Gasteiger partial charge >= 0.3 is 0 Å². The maximum absolute atomic E-state index is 2.31. The summed E-state index contributed by atoms with van der Waals surface area (Å²) >= 11 is 1.89. The smallest absolute Gasteiger partial charge is 0.0181 e. The van der Waals surface area contributed by atoms with Crippen LogP contribution in [0, 0.1) is 0 Å². The third-order valence-corrected chi connectivity index (χ3v) is 3.49. The topological polar surface area (TPSA) is 0 Å². The van der Waals surface area contributed by atoms with Crippen molar-refractivity contribution in [1.29, 1.82) is 0 Å². The Labute approximate surface area is 84.7 Å². The third kappa shape index (κ3) is 2.08. The molecule has 0 N–H and O–H groups in total. The van der Waals surface area contributed by atoms with Crippen LogP contribution in [0.25, 0.3) is 0 Å². The normalized spacial score (nSPS) is 17.0. The lowest BCUT2D eigenvalue weighted by Crippen LogP contribution is -2.08. The summed E-state index contributed by atoms with van der Waals surface area (Å²) in [6.07, 6.45) is 6.39. The largest absolute Gasteiger partial charge is 0.161 e. The third-order valence-electron chi connectivity index (χ3n) is 2.87. The van der Waals surface area contributed by atoms with Crippen molar-refractivity contribution in [3.63, 3.8) is 0 Å². The Kier molecular flexibility index (Phi) is 2.94. The average molecular weight is 192 g/mol. The van der Waals surface area contributed by atoms with Gasteiger partial charge < -0.3 is 0 Å². The first kappa shape index (κ1) is 9.14. The minimum atomic E-state index is 0.878. The van der Waals surface area contributed by atoms with E-state index in [0.717, 1.165) is 11.7 Å². The van der Waals surface area contributed by atoms with Crippen molar-refractivity contribution in [3.05, 3.63) is 35.4 Å². The van der Waals surface area contributed by atoms with Gasteiger partial charge in [0.15, 0.2) is 0 Å². The lowest BCUT2D eigenvalue weighted by molar-refractivity contribution is 0.420. The van der Waals surface area contributed by atoms with Gasteiger partial charge in [0.2, 0.25) is 0 Å². The SMILES string of the molecule is CSCc1ccc(C2CCC2)cc1. The Balaban J connectivity index is 2.04. The van der Waals surface area contributed by atoms with E-state index in [-0.39, 0.29) is 0 Å². The zero-order chi connectivity index (χ0) is 9.10. The first-order valence-electron chi connectivity index (χ1n) is 4.98. The van der Waals surface area contributed by atoms with E-state index in [1.807, 2.05) is 11.8 Å². The quantitative estimate of drug-likeness (QED) is 0.701. The summed E-state index contributed by atoms with van der Waals surface area (Å²) in [5.74, 6) is 2.02. The van der Waals surface area contributed by atoms with E-state index in [1.165, 1.54) is 24.8 Å². The Morgan fingerprint density at radius 3 is 2.38 bits per heavy atom. The van der Waals surface area contributed by atoms with Crippen LogP contribution in [0.15, 0.2) is 24.3 Å². The molecule has 0 spiro atoms. The molecule has 2 rings (SSSR count). The molecule has 0 saturated heterocycles. The standard InChI is InChI=1S/C12H16S/c1-13-9-10-5-7-12(8-6-10)11-3-2-4-11/h5-8,11H,2-4,9H2,1H3. The van der Waals surface area contributed by atoms with Gasteiger partial charge in [0.1, 0.15) is 0 Å². The lowest BCUT2D eigenvalue weighted by atomic mass is 9.80. The molecule has 0 aromatic heterocycles. The van der Waals surface area contributed by atoms with Gasteiger partial charge in [-0.2, -0.15) is 11.8 Å². The number of rotatable bonds is 3. The molecule has 1 aliphatic carbocycles. The van der Waals surface area contributed by atoms with Crippen molar-refractivity contribution in [3.8, 4) is 0 Å². The highest BCUT2D eigenvalue weighted by Crippen LogP contribution is 2.36. The van der Waals surface area contributed by atoms with Crippen LogP contribution in [-0.2, 0) is 5.75 Å². The highest BCUT2D eigenvalue weighted by molar-refractivity contribution is 7.97. The predicted molar refractivity (Wildman–Crippen MR) is 60.3 cm³/mol. The molecule has 70 valence electrons. The molecule has 0 unspecified atom stereocenters. The molecule has 1 aromatic carbocycles. The minimum absolute atomic E-state index is 0.878. The fourth-order valence-electron chi connectivity index (χ4n) is 1.79. The van der Waals surface area contributed by atoms with E-state index >= 15 is 0 Å². The molecule has 0 radical (unpaired) electrons. The van der Waals surface area contributed by atoms with Crippen molar-refractivity contribution in [2.24, 2.45) is 0 Å². The zero-order valence-electron chi connectivity index (χ0n) is 8.12. The summed E-state index contributed by atoms with van der Waals surface area (Å²) in [5, 5.41) is 0. The van der Waals surface area contributed by atoms with Crippen LogP contribution in [0.5, 0.6) is 0 Å². The molecule has 0 amide bonds. The van der Waals surface area contributed by atoms with Gasteiger partial charge in [0.25, 0.3) is 0 Å². The summed E-state index contributed by atoms with van der Waals surface area (Å²) < 4.78 is 0. The molecular formula is C12H16S. The van der Waals surface area contributed by atoms with Crippen molar-refractivity contribution in [2.75, 3.05) is 6.26 Å². The Bertz CT molecular complexity index is 259. The fourth-order valence-corrected chi connectivity index (χ4v) is 2.32. The molecule has 0 nitrogen and oxygen atoms in total. The molecular weight excluding hydrogens is 176 g/mol. The molecule has 0 aliphatic heterocycles. The zero-order valence-corrected chi connectivity index (χ0v) is 8.94. The van der Waals surface area contributed by atoms with E-state index in [2.05, 4.69) is 30.5 Å². The maximum Gasteiger partial charge on any atom is 0.0181 e. The van der Waals surface area contributed by atoms with Gasteiger partial charge in [-0.3, -0.25) is 0 Å². The molecule has 1 heteroatoms. The molecule has 0 heterocycles. The number of benzene rings is 1. The molecule has 0 bridgehead atoms. The predicted octanol–water partition coefficient (Wildman–Crippen LogP) is 3.82. The van der Waals surface area contributed by atoms with Crippen LogP contribution in [0.1, 0.15) is 36.3 Å². The Morgan fingerprint density at radius 1 is 1.23 bits per heavy atom. The first-order valence-corrected chi connectivity index (χ1v) is 6.37. The minimum Gasteiger partial charge on any atom is -0.161 e. The molecule has 1 fully saturated rings. The fraction of sp³-hybridized carbons (Fsp3) is 0.500. The lowest BCUT2D eigenvalue weighted by Gasteiger charge is -2.25. The monoisotopic (exact) mass is 192 g/mol. The maximum atomic E-state index is 2.31. The van der Waals surface area contributed by atoms with Crippen LogP contribution < -0.4 is 0 Å². The molecule has 13 heavy (non-hydrogen) atoms. The van der Waals surface area contributed by atoms with E-state index in [1.54, 1.807) is 5.56 Å². The summed E-state index contributed by atoms with van der Waals surface area (Å²) in [4.78, 5) is 0. The summed E-state index contributed by atoms with van der Waals surface area (Å²) in [5.41, 5.74) is 3.01. The van der Waals surface area contributed by atoms with E-state index in [0.29, 0.717) is 0 Å². The van der Waals surface area contributed by atoms with Gasteiger partial charge in [-0.25, -0.2) is 0 Å². The second kappa shape index (κ2) is 4.19. The van der Waals surface area contributed by atoms with E-state index in [4.69, 9.17) is 0 Å². The average Bonchev–Trinajstić information content (AvgIpc) is 2.06. The van der Waals surface area contributed by atoms with Gasteiger partial charge in [-0.05, 0) is 36.1 Å². The summed E-state index contributed by atoms with van der Waals surface area (Å²) in [7, 11) is 0. The second-order valence-electron chi connectivity index (χ2n) is 3.80.